The largest absolute Gasteiger partial charge is 0.481 e. The number of hydrogen-bond donors (Lipinski definition) is 3. The first-order chi connectivity index (χ1) is 10.2. The Hall–Kier alpha value is -1.93. The normalized spacial score (nSPS) is 21.1. The maximum absolute atomic E-state index is 11.3. The summed E-state index contributed by atoms with van der Waals surface area (Å²) >= 11 is 0. The zero-order valence-corrected chi connectivity index (χ0v) is 12.4. The summed E-state index contributed by atoms with van der Waals surface area (Å²) in [4.78, 5) is 21.6. The topological polar surface area (TPSA) is 129 Å². The Morgan fingerprint density at radius 3 is 1.95 bits per heavy atom. The van der Waals surface area contributed by atoms with Crippen LogP contribution in [-0.2, 0) is 19.7 Å². The molecule has 0 saturated carbocycles. The predicted octanol–water partition coefficient (Wildman–Crippen LogP) is 1.84. The van der Waals surface area contributed by atoms with Crippen molar-refractivity contribution in [3.05, 3.63) is 29.3 Å². The van der Waals surface area contributed by atoms with Gasteiger partial charge in [0.15, 0.2) is 0 Å². The molecule has 1 aliphatic rings. The van der Waals surface area contributed by atoms with Gasteiger partial charge in [0.05, 0.1) is 17.7 Å². The minimum atomic E-state index is -4.39. The molecule has 22 heavy (non-hydrogen) atoms. The second kappa shape index (κ2) is 6.05. The van der Waals surface area contributed by atoms with E-state index in [1.54, 1.807) is 0 Å². The summed E-state index contributed by atoms with van der Waals surface area (Å²) in [5.41, 5.74) is 1.14. The lowest BCUT2D eigenvalue weighted by Gasteiger charge is -2.30. The molecule has 0 fully saturated rings. The summed E-state index contributed by atoms with van der Waals surface area (Å²) in [6.45, 7) is 0. The summed E-state index contributed by atoms with van der Waals surface area (Å²) < 4.78 is 31.6. The van der Waals surface area contributed by atoms with Crippen LogP contribution < -0.4 is 0 Å². The molecule has 3 N–H and O–H groups in total. The number of hydrogen-bond acceptors (Lipinski definition) is 4. The van der Waals surface area contributed by atoms with Crippen LogP contribution in [0.1, 0.15) is 48.6 Å². The molecular weight excluding hydrogens is 312 g/mol. The minimum absolute atomic E-state index is 0.0992. The van der Waals surface area contributed by atoms with Gasteiger partial charge in [0.1, 0.15) is 0 Å². The Kier molecular flexibility index (Phi) is 4.52. The Labute approximate surface area is 127 Å². The lowest BCUT2D eigenvalue weighted by Crippen LogP contribution is -2.19. The average Bonchev–Trinajstić information content (AvgIpc) is 2.39. The van der Waals surface area contributed by atoms with E-state index in [9.17, 15) is 18.0 Å². The van der Waals surface area contributed by atoms with Gasteiger partial charge in [0.25, 0.3) is 10.1 Å². The number of carbonyl (C=O) groups is 2. The van der Waals surface area contributed by atoms with E-state index in [0.29, 0.717) is 24.0 Å². The average molecular weight is 328 g/mol. The fourth-order valence-electron chi connectivity index (χ4n) is 3.00. The second-order valence-corrected chi connectivity index (χ2v) is 6.85. The van der Waals surface area contributed by atoms with Crippen LogP contribution in [0.2, 0.25) is 0 Å². The Morgan fingerprint density at radius 2 is 1.50 bits per heavy atom. The summed E-state index contributed by atoms with van der Waals surface area (Å²) in [5, 5.41) is 17.9. The lowest BCUT2D eigenvalue weighted by atomic mass is 9.74. The maximum Gasteiger partial charge on any atom is 0.303 e. The van der Waals surface area contributed by atoms with Crippen LogP contribution in [0.5, 0.6) is 0 Å². The second-order valence-electron chi connectivity index (χ2n) is 5.43. The van der Waals surface area contributed by atoms with Crippen LogP contribution in [0.3, 0.4) is 0 Å². The monoisotopic (exact) mass is 328 g/mol. The Balaban J connectivity index is 2.49. The minimum Gasteiger partial charge on any atom is -0.481 e. The molecule has 0 aliphatic heterocycles. The summed E-state index contributed by atoms with van der Waals surface area (Å²) in [6.07, 6.45) is 0.731. The summed E-state index contributed by atoms with van der Waals surface area (Å²) in [5.74, 6) is -2.65. The number of rotatable bonds is 5. The predicted molar refractivity (Wildman–Crippen MR) is 75.5 cm³/mol. The van der Waals surface area contributed by atoms with E-state index in [4.69, 9.17) is 14.8 Å². The molecule has 1 aromatic rings. The molecule has 0 aromatic heterocycles. The third-order valence-corrected chi connectivity index (χ3v) is 4.79. The molecule has 8 heteroatoms. The first kappa shape index (κ1) is 16.4. The highest BCUT2D eigenvalue weighted by Gasteiger charge is 2.31. The molecule has 0 amide bonds. The Bertz CT molecular complexity index is 708. The van der Waals surface area contributed by atoms with E-state index < -0.39 is 22.1 Å². The third-order valence-electron chi connectivity index (χ3n) is 3.94. The molecule has 0 heterocycles. The molecule has 2 rings (SSSR count). The van der Waals surface area contributed by atoms with Gasteiger partial charge in [-0.05, 0) is 47.9 Å². The molecule has 2 unspecified atom stereocenters. The van der Waals surface area contributed by atoms with Crippen molar-refractivity contribution in [2.45, 2.75) is 42.4 Å². The molecule has 0 bridgehead atoms. The molecule has 0 saturated heterocycles. The van der Waals surface area contributed by atoms with Gasteiger partial charge in [-0.3, -0.25) is 14.1 Å². The quantitative estimate of drug-likeness (QED) is 0.703. The highest BCUT2D eigenvalue weighted by atomic mass is 32.2. The zero-order valence-electron chi connectivity index (χ0n) is 11.6. The molecule has 0 radical (unpaired) electrons. The molecule has 7 nitrogen and oxygen atoms in total. The maximum atomic E-state index is 11.3. The SMILES string of the molecule is O=C(O)CC1CCC(CC(=O)O)c2cc(S(=O)(=O)O)ccc21. The molecular formula is C14H16O7S. The molecule has 2 atom stereocenters. The fraction of sp³-hybridized carbons (Fsp3) is 0.429. The van der Waals surface area contributed by atoms with Crippen LogP contribution in [0, 0.1) is 0 Å². The van der Waals surface area contributed by atoms with Gasteiger partial charge in [-0.25, -0.2) is 0 Å². The molecule has 1 aromatic carbocycles. The highest BCUT2D eigenvalue weighted by Crippen LogP contribution is 2.42. The van der Waals surface area contributed by atoms with E-state index in [1.165, 1.54) is 18.2 Å². The van der Waals surface area contributed by atoms with E-state index in [-0.39, 0.29) is 29.6 Å². The van der Waals surface area contributed by atoms with Crippen molar-refractivity contribution < 1.29 is 32.8 Å². The van der Waals surface area contributed by atoms with Gasteiger partial charge < -0.3 is 10.2 Å². The van der Waals surface area contributed by atoms with Gasteiger partial charge >= 0.3 is 11.9 Å². The zero-order chi connectivity index (χ0) is 16.5. The van der Waals surface area contributed by atoms with Gasteiger partial charge in [0, 0.05) is 0 Å². The molecule has 120 valence electrons. The van der Waals surface area contributed by atoms with Crippen LogP contribution in [-0.4, -0.2) is 35.1 Å². The fourth-order valence-corrected chi connectivity index (χ4v) is 3.51. The summed E-state index contributed by atoms with van der Waals surface area (Å²) in [7, 11) is -4.39. The van der Waals surface area contributed by atoms with Crippen LogP contribution in [0.4, 0.5) is 0 Å². The standard InChI is InChI=1S/C14H16O7S/c15-13(16)5-8-1-2-9(6-14(17)18)12-7-10(22(19,20)21)3-4-11(8)12/h3-4,7-9H,1-2,5-6H2,(H,15,16)(H,17,18)(H,19,20,21). The van der Waals surface area contributed by atoms with Crippen molar-refractivity contribution in [2.24, 2.45) is 0 Å². The van der Waals surface area contributed by atoms with Crippen molar-refractivity contribution in [1.82, 2.24) is 0 Å². The molecule has 0 spiro atoms. The molecule has 1 aliphatic carbocycles. The lowest BCUT2D eigenvalue weighted by molar-refractivity contribution is -0.139. The number of benzene rings is 1. The van der Waals surface area contributed by atoms with Crippen molar-refractivity contribution in [3.8, 4) is 0 Å². The van der Waals surface area contributed by atoms with E-state index in [0.717, 1.165) is 0 Å². The van der Waals surface area contributed by atoms with Gasteiger partial charge in [-0.2, -0.15) is 8.42 Å². The van der Waals surface area contributed by atoms with Crippen LogP contribution >= 0.6 is 0 Å². The van der Waals surface area contributed by atoms with Crippen molar-refractivity contribution in [1.29, 1.82) is 0 Å². The number of carboxylic acid groups (broad SMARTS) is 2. The van der Waals surface area contributed by atoms with Crippen LogP contribution in [0.15, 0.2) is 23.1 Å². The number of fused-ring (bicyclic) bond motifs is 1. The Morgan fingerprint density at radius 1 is 1.00 bits per heavy atom. The highest BCUT2D eigenvalue weighted by molar-refractivity contribution is 7.85. The van der Waals surface area contributed by atoms with Gasteiger partial charge in [-0.15, -0.1) is 0 Å². The van der Waals surface area contributed by atoms with Crippen LogP contribution in [0.25, 0.3) is 0 Å². The van der Waals surface area contributed by atoms with E-state index in [2.05, 4.69) is 0 Å². The van der Waals surface area contributed by atoms with Crippen molar-refractivity contribution in [3.63, 3.8) is 0 Å². The number of carboxylic acids is 2. The van der Waals surface area contributed by atoms with Crippen molar-refractivity contribution >= 4 is 22.1 Å². The van der Waals surface area contributed by atoms with Gasteiger partial charge in [-0.1, -0.05) is 6.07 Å². The first-order valence-corrected chi connectivity index (χ1v) is 8.17. The van der Waals surface area contributed by atoms with Gasteiger partial charge in [0.2, 0.25) is 0 Å². The summed E-state index contributed by atoms with van der Waals surface area (Å²) in [6, 6.07) is 3.94. The van der Waals surface area contributed by atoms with E-state index in [1.807, 2.05) is 0 Å². The van der Waals surface area contributed by atoms with E-state index >= 15 is 0 Å². The van der Waals surface area contributed by atoms with Crippen molar-refractivity contribution in [2.75, 3.05) is 0 Å². The smallest absolute Gasteiger partial charge is 0.303 e. The number of aliphatic carboxylic acids is 2. The first-order valence-electron chi connectivity index (χ1n) is 6.73. The third kappa shape index (κ3) is 3.63.